The highest BCUT2D eigenvalue weighted by atomic mass is 16.5. The van der Waals surface area contributed by atoms with Gasteiger partial charge in [0.25, 0.3) is 0 Å². The van der Waals surface area contributed by atoms with Crippen LogP contribution in [-0.2, 0) is 23.9 Å². The van der Waals surface area contributed by atoms with Gasteiger partial charge in [-0.3, -0.25) is 19.2 Å². The molecule has 1 saturated heterocycles. The van der Waals surface area contributed by atoms with Gasteiger partial charge in [-0.2, -0.15) is 0 Å². The first-order valence-electron chi connectivity index (χ1n) is 6.18. The van der Waals surface area contributed by atoms with Crippen molar-refractivity contribution in [3.05, 3.63) is 11.6 Å². The Bertz CT molecular complexity index is 527. The molecule has 0 saturated carbocycles. The Kier molecular flexibility index (Phi) is 3.47. The smallest absolute Gasteiger partial charge is 0.321 e. The summed E-state index contributed by atoms with van der Waals surface area (Å²) in [4.78, 5) is 47.1. The van der Waals surface area contributed by atoms with Gasteiger partial charge in [0, 0.05) is 6.61 Å². The van der Waals surface area contributed by atoms with Crippen molar-refractivity contribution in [3.8, 4) is 0 Å². The molecule has 3 atom stereocenters. The number of rotatable bonds is 3. The fourth-order valence-electron chi connectivity index (χ4n) is 3.07. The first-order chi connectivity index (χ1) is 9.33. The number of hydrogen-bond donors (Lipinski definition) is 2. The van der Waals surface area contributed by atoms with Gasteiger partial charge < -0.3 is 14.9 Å². The van der Waals surface area contributed by atoms with Gasteiger partial charge in [0.2, 0.25) is 11.6 Å². The molecule has 3 unspecified atom stereocenters. The highest BCUT2D eigenvalue weighted by Crippen LogP contribution is 2.45. The van der Waals surface area contributed by atoms with E-state index in [0.717, 1.165) is 6.08 Å². The number of carbonyl (C=O) groups is 4. The zero-order valence-corrected chi connectivity index (χ0v) is 10.8. The van der Waals surface area contributed by atoms with Gasteiger partial charge in [0.05, 0.1) is 6.10 Å². The third kappa shape index (κ3) is 1.77. The lowest BCUT2D eigenvalue weighted by Crippen LogP contribution is -2.60. The van der Waals surface area contributed by atoms with Crippen molar-refractivity contribution in [2.75, 3.05) is 6.61 Å². The van der Waals surface area contributed by atoms with Crippen LogP contribution in [0.25, 0.3) is 0 Å². The zero-order valence-electron chi connectivity index (χ0n) is 10.8. The van der Waals surface area contributed by atoms with Crippen LogP contribution in [0.3, 0.4) is 0 Å². The van der Waals surface area contributed by atoms with Gasteiger partial charge in [-0.05, 0) is 25.8 Å². The van der Waals surface area contributed by atoms with E-state index in [2.05, 4.69) is 0 Å². The van der Waals surface area contributed by atoms with E-state index in [1.54, 1.807) is 0 Å². The summed E-state index contributed by atoms with van der Waals surface area (Å²) in [5, 5.41) is 18.9. The zero-order chi connectivity index (χ0) is 15.1. The molecule has 0 aromatic rings. The average Bonchev–Trinajstić information content (AvgIpc) is 2.86. The molecule has 0 bridgehead atoms. The van der Waals surface area contributed by atoms with Crippen molar-refractivity contribution in [2.45, 2.75) is 25.9 Å². The molecule has 1 aliphatic heterocycles. The molecule has 2 aliphatic rings. The van der Waals surface area contributed by atoms with Crippen LogP contribution >= 0.6 is 0 Å². The van der Waals surface area contributed by atoms with Gasteiger partial charge >= 0.3 is 11.9 Å². The molecule has 1 fully saturated rings. The van der Waals surface area contributed by atoms with Gasteiger partial charge in [-0.15, -0.1) is 0 Å². The van der Waals surface area contributed by atoms with Crippen LogP contribution in [0.15, 0.2) is 11.6 Å². The molecule has 1 aliphatic carbocycles. The molecule has 108 valence electrons. The van der Waals surface area contributed by atoms with Crippen LogP contribution in [0.4, 0.5) is 0 Å². The third-order valence-electron chi connectivity index (χ3n) is 3.91. The van der Waals surface area contributed by atoms with Crippen LogP contribution in [0.1, 0.15) is 19.8 Å². The Morgan fingerprint density at radius 2 is 2.00 bits per heavy atom. The van der Waals surface area contributed by atoms with E-state index in [9.17, 15) is 29.4 Å². The number of ketones is 2. The van der Waals surface area contributed by atoms with E-state index in [0.29, 0.717) is 6.42 Å². The number of carboxylic acid groups (broad SMARTS) is 2. The van der Waals surface area contributed by atoms with E-state index in [4.69, 9.17) is 4.74 Å². The summed E-state index contributed by atoms with van der Waals surface area (Å²) in [6, 6.07) is 0. The summed E-state index contributed by atoms with van der Waals surface area (Å²) in [7, 11) is 0. The molecule has 0 amide bonds. The number of aliphatic carboxylic acids is 2. The standard InChI is InChI=1S/C13H14O7/c1-6-5-7(14)10(15)13(12(18)19,9(6)11(16)17)8-3-2-4-20-8/h5,8-9H,2-4H2,1H3,(H,16,17)(H,18,19). The Morgan fingerprint density at radius 1 is 1.35 bits per heavy atom. The van der Waals surface area contributed by atoms with Crippen LogP contribution in [0, 0.1) is 11.3 Å². The summed E-state index contributed by atoms with van der Waals surface area (Å²) in [5.41, 5.74) is -2.31. The van der Waals surface area contributed by atoms with Gasteiger partial charge in [0.15, 0.2) is 5.41 Å². The lowest BCUT2D eigenvalue weighted by Gasteiger charge is -2.39. The van der Waals surface area contributed by atoms with Gasteiger partial charge in [-0.1, -0.05) is 5.57 Å². The maximum absolute atomic E-state index is 12.2. The minimum atomic E-state index is -2.36. The molecular formula is C13H14O7. The number of carboxylic acids is 2. The second-order valence-corrected chi connectivity index (χ2v) is 5.03. The van der Waals surface area contributed by atoms with Crippen molar-refractivity contribution < 1.29 is 34.1 Å². The van der Waals surface area contributed by atoms with Crippen molar-refractivity contribution in [2.24, 2.45) is 11.3 Å². The summed E-state index contributed by atoms with van der Waals surface area (Å²) in [6.07, 6.45) is 0.566. The Morgan fingerprint density at radius 3 is 2.45 bits per heavy atom. The van der Waals surface area contributed by atoms with E-state index < -0.39 is 40.9 Å². The van der Waals surface area contributed by atoms with Crippen LogP contribution in [0.5, 0.6) is 0 Å². The average molecular weight is 282 g/mol. The summed E-state index contributed by atoms with van der Waals surface area (Å²) in [6.45, 7) is 1.59. The summed E-state index contributed by atoms with van der Waals surface area (Å²) in [5.74, 6) is -6.86. The molecule has 20 heavy (non-hydrogen) atoms. The fourth-order valence-corrected chi connectivity index (χ4v) is 3.07. The predicted molar refractivity (Wildman–Crippen MR) is 63.9 cm³/mol. The van der Waals surface area contributed by atoms with E-state index >= 15 is 0 Å². The Labute approximate surface area is 114 Å². The minimum Gasteiger partial charge on any atom is -0.481 e. The van der Waals surface area contributed by atoms with Gasteiger partial charge in [0.1, 0.15) is 5.92 Å². The Balaban J connectivity index is 2.69. The SMILES string of the molecule is CC1=CC(=O)C(=O)C(C(=O)O)(C2CCCO2)C1C(=O)O. The lowest BCUT2D eigenvalue weighted by atomic mass is 9.61. The van der Waals surface area contributed by atoms with E-state index in [1.165, 1.54) is 6.92 Å². The minimum absolute atomic E-state index is 0.0556. The molecule has 1 heterocycles. The van der Waals surface area contributed by atoms with E-state index in [1.807, 2.05) is 0 Å². The first kappa shape index (κ1) is 14.4. The van der Waals surface area contributed by atoms with Gasteiger partial charge in [-0.25, -0.2) is 0 Å². The second-order valence-electron chi connectivity index (χ2n) is 5.03. The topological polar surface area (TPSA) is 118 Å². The van der Waals surface area contributed by atoms with Crippen LogP contribution < -0.4 is 0 Å². The van der Waals surface area contributed by atoms with Crippen molar-refractivity contribution >= 4 is 23.5 Å². The van der Waals surface area contributed by atoms with Crippen molar-refractivity contribution in [1.82, 2.24) is 0 Å². The number of carbonyl (C=O) groups excluding carboxylic acids is 2. The van der Waals surface area contributed by atoms with Crippen LogP contribution in [0.2, 0.25) is 0 Å². The molecular weight excluding hydrogens is 268 g/mol. The number of hydrogen-bond acceptors (Lipinski definition) is 5. The van der Waals surface area contributed by atoms with Crippen molar-refractivity contribution in [3.63, 3.8) is 0 Å². The normalized spacial score (nSPS) is 34.0. The fraction of sp³-hybridized carbons (Fsp3) is 0.538. The number of Topliss-reactive ketones (excluding diaryl/α,β-unsaturated/α-hetero) is 1. The molecule has 2 rings (SSSR count). The second kappa shape index (κ2) is 4.82. The first-order valence-corrected chi connectivity index (χ1v) is 6.18. The highest BCUT2D eigenvalue weighted by Gasteiger charge is 2.65. The molecule has 7 nitrogen and oxygen atoms in total. The largest absolute Gasteiger partial charge is 0.481 e. The third-order valence-corrected chi connectivity index (χ3v) is 3.91. The molecule has 0 aromatic carbocycles. The molecule has 2 N–H and O–H groups in total. The van der Waals surface area contributed by atoms with Crippen molar-refractivity contribution in [1.29, 1.82) is 0 Å². The Hall–Kier alpha value is -2.02. The lowest BCUT2D eigenvalue weighted by molar-refractivity contribution is -0.177. The number of allylic oxidation sites excluding steroid dienone is 1. The van der Waals surface area contributed by atoms with Crippen LogP contribution in [-0.4, -0.2) is 46.4 Å². The quantitative estimate of drug-likeness (QED) is 0.554. The highest BCUT2D eigenvalue weighted by molar-refractivity contribution is 6.48. The van der Waals surface area contributed by atoms with E-state index in [-0.39, 0.29) is 18.6 Å². The summed E-state index contributed by atoms with van der Waals surface area (Å²) >= 11 is 0. The predicted octanol–water partition coefficient (Wildman–Crippen LogP) is 0.0353. The molecule has 7 heteroatoms. The maximum Gasteiger partial charge on any atom is 0.321 e. The molecule has 0 radical (unpaired) electrons. The molecule has 0 aromatic heterocycles. The monoisotopic (exact) mass is 282 g/mol. The number of ether oxygens (including phenoxy) is 1. The summed E-state index contributed by atoms with van der Waals surface area (Å²) < 4.78 is 5.26. The molecule has 0 spiro atoms. The maximum atomic E-state index is 12.2.